The summed E-state index contributed by atoms with van der Waals surface area (Å²) in [6.45, 7) is 2.17. The van der Waals surface area contributed by atoms with E-state index in [0.717, 1.165) is 21.3 Å². The van der Waals surface area contributed by atoms with Crippen LogP contribution < -0.4 is 11.5 Å². The van der Waals surface area contributed by atoms with Gasteiger partial charge in [0.2, 0.25) is 0 Å². The number of esters is 1. The molecular weight excluding hydrogens is 350 g/mol. The van der Waals surface area contributed by atoms with E-state index in [0.29, 0.717) is 25.9 Å². The van der Waals surface area contributed by atoms with Crippen LogP contribution in [-0.2, 0) is 22.4 Å². The molecule has 4 N–H and O–H groups in total. The Morgan fingerprint density at radius 2 is 2.31 bits per heavy atom. The monoisotopic (exact) mass is 373 g/mol. The molecule has 8 heteroatoms. The Balaban J connectivity index is 2.18. The summed E-state index contributed by atoms with van der Waals surface area (Å²) in [7, 11) is 0. The Kier molecular flexibility index (Phi) is 7.91. The molecule has 0 saturated heterocycles. The third-order valence-corrected chi connectivity index (χ3v) is 4.51. The van der Waals surface area contributed by atoms with Crippen LogP contribution in [0.15, 0.2) is 41.7 Å². The molecule has 0 bridgehead atoms. The molecule has 0 aliphatic heterocycles. The lowest BCUT2D eigenvalue weighted by Gasteiger charge is -2.02. The molecule has 0 spiro atoms. The number of thiazole rings is 1. The van der Waals surface area contributed by atoms with E-state index < -0.39 is 6.17 Å². The molecule has 0 aliphatic carbocycles. The van der Waals surface area contributed by atoms with Gasteiger partial charge in [-0.2, -0.15) is 0 Å². The number of ether oxygens (including phenoxy) is 1. The summed E-state index contributed by atoms with van der Waals surface area (Å²) in [5.74, 6) is -0.218. The Labute approximate surface area is 156 Å². The van der Waals surface area contributed by atoms with E-state index in [1.54, 1.807) is 25.4 Å². The van der Waals surface area contributed by atoms with Crippen molar-refractivity contribution in [2.24, 2.45) is 16.5 Å². The summed E-state index contributed by atoms with van der Waals surface area (Å²) in [6.07, 6.45) is 7.25. The molecular formula is C18H23N5O2S. The smallest absolute Gasteiger partial charge is 0.306 e. The van der Waals surface area contributed by atoms with Crippen LogP contribution >= 0.6 is 11.3 Å². The van der Waals surface area contributed by atoms with Crippen molar-refractivity contribution >= 4 is 23.5 Å². The van der Waals surface area contributed by atoms with Gasteiger partial charge in [0.05, 0.1) is 23.7 Å². The first-order chi connectivity index (χ1) is 12.6. The summed E-state index contributed by atoms with van der Waals surface area (Å²) in [6, 6.07) is 5.66. The highest BCUT2D eigenvalue weighted by Crippen LogP contribution is 2.29. The fraction of sp³-hybridized carbons (Fsp3) is 0.333. The quantitative estimate of drug-likeness (QED) is 0.513. The topological polar surface area (TPSA) is 116 Å². The Morgan fingerprint density at radius 1 is 1.46 bits per heavy atom. The first kappa shape index (κ1) is 19.7. The largest absolute Gasteiger partial charge is 0.466 e. The highest BCUT2D eigenvalue weighted by atomic mass is 32.1. The first-order valence-electron chi connectivity index (χ1n) is 8.35. The molecule has 2 aromatic rings. The van der Waals surface area contributed by atoms with Crippen molar-refractivity contribution in [2.45, 2.75) is 32.4 Å². The first-order valence-corrected chi connectivity index (χ1v) is 9.17. The van der Waals surface area contributed by atoms with E-state index in [-0.39, 0.29) is 5.97 Å². The van der Waals surface area contributed by atoms with Gasteiger partial charge in [0.1, 0.15) is 11.9 Å². The second-order valence-corrected chi connectivity index (χ2v) is 6.52. The number of pyridine rings is 1. The minimum Gasteiger partial charge on any atom is -0.466 e. The Bertz CT molecular complexity index is 758. The number of hydrogen-bond acceptors (Lipinski definition) is 8. The zero-order valence-corrected chi connectivity index (χ0v) is 15.5. The van der Waals surface area contributed by atoms with Gasteiger partial charge in [-0.05, 0) is 37.8 Å². The van der Waals surface area contributed by atoms with Crippen molar-refractivity contribution in [1.82, 2.24) is 9.97 Å². The maximum absolute atomic E-state index is 11.7. The number of carbonyl (C=O) groups excluding carboxylic acids is 1. The average Bonchev–Trinajstić information content (AvgIpc) is 3.04. The van der Waals surface area contributed by atoms with Crippen LogP contribution in [0.3, 0.4) is 0 Å². The molecule has 7 nitrogen and oxygen atoms in total. The van der Waals surface area contributed by atoms with Crippen LogP contribution in [0.25, 0.3) is 11.4 Å². The van der Waals surface area contributed by atoms with Crippen LogP contribution in [0.5, 0.6) is 0 Å². The van der Waals surface area contributed by atoms with Crippen molar-refractivity contribution in [3.05, 3.63) is 46.6 Å². The number of rotatable bonds is 9. The van der Waals surface area contributed by atoms with E-state index in [9.17, 15) is 4.79 Å². The SMILES string of the molecule is CCOC(=O)CCc1sc(CC(N)/N=C\C=C/N)nc1-c1ccccn1. The second-order valence-electron chi connectivity index (χ2n) is 5.35. The third-order valence-electron chi connectivity index (χ3n) is 3.37. The van der Waals surface area contributed by atoms with Gasteiger partial charge in [-0.25, -0.2) is 4.98 Å². The molecule has 2 heterocycles. The van der Waals surface area contributed by atoms with Crippen molar-refractivity contribution in [3.63, 3.8) is 0 Å². The summed E-state index contributed by atoms with van der Waals surface area (Å²) >= 11 is 1.53. The van der Waals surface area contributed by atoms with Crippen molar-refractivity contribution in [3.8, 4) is 11.4 Å². The number of nitrogens with two attached hydrogens (primary N) is 2. The predicted octanol–water partition coefficient (Wildman–Crippen LogP) is 2.07. The molecule has 1 unspecified atom stereocenters. The number of carbonyl (C=O) groups is 1. The third kappa shape index (κ3) is 6.05. The maximum atomic E-state index is 11.7. The van der Waals surface area contributed by atoms with Gasteiger partial charge in [-0.15, -0.1) is 11.3 Å². The number of nitrogens with zero attached hydrogens (tertiary/aromatic N) is 3. The van der Waals surface area contributed by atoms with Gasteiger partial charge >= 0.3 is 5.97 Å². The van der Waals surface area contributed by atoms with Gasteiger partial charge in [0, 0.05) is 23.7 Å². The summed E-state index contributed by atoms with van der Waals surface area (Å²) in [4.78, 5) is 25.9. The number of hydrogen-bond donors (Lipinski definition) is 2. The minimum absolute atomic E-state index is 0.218. The second kappa shape index (κ2) is 10.4. The molecule has 0 amide bonds. The molecule has 2 rings (SSSR count). The number of aliphatic imine (C=N–C) groups is 1. The molecule has 138 valence electrons. The molecule has 1 atom stereocenters. The number of aryl methyl sites for hydroxylation is 1. The summed E-state index contributed by atoms with van der Waals surface area (Å²) in [5.41, 5.74) is 12.8. The number of aromatic nitrogens is 2. The Hall–Kier alpha value is -2.58. The number of allylic oxidation sites excluding steroid dienone is 1. The molecule has 26 heavy (non-hydrogen) atoms. The standard InChI is InChI=1S/C18H23N5O2S/c1-2-25-17(24)8-7-14-18(13-6-3-4-10-21-13)23-16(26-14)12-15(20)22-11-5-9-19/h3-6,9-11,15H,2,7-8,12,19-20H2,1H3/b9-5-,22-11-. The zero-order valence-electron chi connectivity index (χ0n) is 14.7. The van der Waals surface area contributed by atoms with Crippen molar-refractivity contribution in [2.75, 3.05) is 6.61 Å². The lowest BCUT2D eigenvalue weighted by Crippen LogP contribution is -2.20. The lowest BCUT2D eigenvalue weighted by atomic mass is 10.2. The molecule has 0 saturated carbocycles. The molecule has 0 fully saturated rings. The van der Waals surface area contributed by atoms with Gasteiger partial charge in [-0.1, -0.05) is 6.07 Å². The van der Waals surface area contributed by atoms with E-state index in [1.807, 2.05) is 18.2 Å². The van der Waals surface area contributed by atoms with Gasteiger partial charge < -0.3 is 16.2 Å². The van der Waals surface area contributed by atoms with Crippen LogP contribution in [-0.4, -0.2) is 34.9 Å². The van der Waals surface area contributed by atoms with Gasteiger partial charge in [-0.3, -0.25) is 14.8 Å². The fourth-order valence-electron chi connectivity index (χ4n) is 2.25. The highest BCUT2D eigenvalue weighted by Gasteiger charge is 2.17. The fourth-order valence-corrected chi connectivity index (χ4v) is 3.38. The van der Waals surface area contributed by atoms with E-state index in [1.165, 1.54) is 17.5 Å². The van der Waals surface area contributed by atoms with Crippen LogP contribution in [0.1, 0.15) is 23.2 Å². The van der Waals surface area contributed by atoms with Gasteiger partial charge in [0.15, 0.2) is 0 Å². The van der Waals surface area contributed by atoms with E-state index in [4.69, 9.17) is 16.2 Å². The normalized spacial score (nSPS) is 12.7. The molecule has 2 aromatic heterocycles. The zero-order chi connectivity index (χ0) is 18.8. The highest BCUT2D eigenvalue weighted by molar-refractivity contribution is 7.12. The average molecular weight is 373 g/mol. The van der Waals surface area contributed by atoms with Crippen LogP contribution in [0, 0.1) is 0 Å². The van der Waals surface area contributed by atoms with E-state index in [2.05, 4.69) is 15.0 Å². The van der Waals surface area contributed by atoms with E-state index >= 15 is 0 Å². The van der Waals surface area contributed by atoms with Crippen molar-refractivity contribution in [1.29, 1.82) is 0 Å². The predicted molar refractivity (Wildman–Crippen MR) is 104 cm³/mol. The lowest BCUT2D eigenvalue weighted by molar-refractivity contribution is -0.143. The van der Waals surface area contributed by atoms with Crippen LogP contribution in [0.4, 0.5) is 0 Å². The summed E-state index contributed by atoms with van der Waals surface area (Å²) in [5, 5.41) is 0.853. The Morgan fingerprint density at radius 3 is 3.00 bits per heavy atom. The van der Waals surface area contributed by atoms with Gasteiger partial charge in [0.25, 0.3) is 0 Å². The molecule has 0 aliphatic rings. The molecule has 0 aromatic carbocycles. The van der Waals surface area contributed by atoms with Crippen LogP contribution in [0.2, 0.25) is 0 Å². The van der Waals surface area contributed by atoms with Crippen molar-refractivity contribution < 1.29 is 9.53 Å². The minimum atomic E-state index is -0.410. The maximum Gasteiger partial charge on any atom is 0.306 e. The molecule has 0 radical (unpaired) electrons. The summed E-state index contributed by atoms with van der Waals surface area (Å²) < 4.78 is 5.01.